The van der Waals surface area contributed by atoms with Crippen LogP contribution in [-0.4, -0.2) is 23.8 Å². The molecule has 4 heteroatoms. The number of benzene rings is 1. The number of hydrogen-bond donors (Lipinski definition) is 0. The minimum Gasteiger partial charge on any atom is -0.464 e. The van der Waals surface area contributed by atoms with Crippen molar-refractivity contribution in [3.63, 3.8) is 0 Å². The highest BCUT2D eigenvalue weighted by Gasteiger charge is 2.36. The van der Waals surface area contributed by atoms with Crippen molar-refractivity contribution < 1.29 is 14.3 Å². The number of aryl methyl sites for hydroxylation is 2. The largest absolute Gasteiger partial charge is 0.464 e. The van der Waals surface area contributed by atoms with Crippen molar-refractivity contribution in [3.8, 4) is 0 Å². The molecule has 4 nitrogen and oxygen atoms in total. The van der Waals surface area contributed by atoms with Crippen LogP contribution in [0.2, 0.25) is 0 Å². The van der Waals surface area contributed by atoms with Crippen LogP contribution in [0.5, 0.6) is 0 Å². The summed E-state index contributed by atoms with van der Waals surface area (Å²) >= 11 is 0. The summed E-state index contributed by atoms with van der Waals surface area (Å²) in [5.74, 6) is -0.466. The third-order valence-corrected chi connectivity index (χ3v) is 6.16. The first-order valence-corrected chi connectivity index (χ1v) is 9.73. The Hall–Kier alpha value is -2.49. The third-order valence-electron chi connectivity index (χ3n) is 6.16. The Morgan fingerprint density at radius 3 is 2.33 bits per heavy atom. The van der Waals surface area contributed by atoms with E-state index in [4.69, 9.17) is 0 Å². The Morgan fingerprint density at radius 2 is 1.78 bits per heavy atom. The molecule has 140 valence electrons. The number of hydrogen-bond acceptors (Lipinski definition) is 4. The molecule has 0 fully saturated rings. The van der Waals surface area contributed by atoms with Gasteiger partial charge in [0.2, 0.25) is 0 Å². The number of rotatable bonds is 4. The molecule has 2 aliphatic carbocycles. The van der Waals surface area contributed by atoms with Crippen LogP contribution in [0, 0.1) is 0 Å². The van der Waals surface area contributed by atoms with Gasteiger partial charge in [0, 0.05) is 18.2 Å². The molecule has 0 bridgehead atoms. The molecule has 0 aliphatic heterocycles. The maximum atomic E-state index is 12.7. The number of carbonyl (C=O) groups is 2. The predicted molar refractivity (Wildman–Crippen MR) is 103 cm³/mol. The SMILES string of the molecule is COC(=O)c1ccc(C(=O)Cc2cc3c4c(c2)CCCC4(C)CCC3)cn1. The number of nitrogens with zero attached hydrogens (tertiary/aromatic N) is 1. The fourth-order valence-electron chi connectivity index (χ4n) is 4.90. The molecule has 4 rings (SSSR count). The monoisotopic (exact) mass is 363 g/mol. The molecule has 0 atom stereocenters. The lowest BCUT2D eigenvalue weighted by molar-refractivity contribution is 0.0593. The second-order valence-corrected chi connectivity index (χ2v) is 8.08. The van der Waals surface area contributed by atoms with Crippen LogP contribution in [0.1, 0.15) is 75.7 Å². The van der Waals surface area contributed by atoms with E-state index < -0.39 is 5.97 Å². The molecule has 1 aromatic heterocycles. The minimum absolute atomic E-state index is 0.0282. The maximum Gasteiger partial charge on any atom is 0.356 e. The predicted octanol–water partition coefficient (Wildman–Crippen LogP) is 4.22. The normalized spacial score (nSPS) is 17.1. The first kappa shape index (κ1) is 17.9. The first-order valence-electron chi connectivity index (χ1n) is 9.73. The average Bonchev–Trinajstić information content (AvgIpc) is 2.67. The van der Waals surface area contributed by atoms with E-state index in [9.17, 15) is 9.59 Å². The van der Waals surface area contributed by atoms with Gasteiger partial charge in [-0.15, -0.1) is 0 Å². The van der Waals surface area contributed by atoms with Gasteiger partial charge in [0.1, 0.15) is 5.69 Å². The molecule has 0 spiro atoms. The van der Waals surface area contributed by atoms with Gasteiger partial charge in [-0.2, -0.15) is 0 Å². The van der Waals surface area contributed by atoms with Gasteiger partial charge in [-0.05, 0) is 78.3 Å². The standard InChI is InChI=1S/C23H25NO3/c1-23-9-3-5-16-11-15(12-17(21(16)23)6-4-10-23)13-20(25)18-7-8-19(24-14-18)22(26)27-2/h7-8,11-12,14H,3-6,9-10,13H2,1-2H3. The highest BCUT2D eigenvalue weighted by atomic mass is 16.5. The molecule has 1 aromatic carbocycles. The van der Waals surface area contributed by atoms with Crippen LogP contribution in [0.3, 0.4) is 0 Å². The lowest BCUT2D eigenvalue weighted by atomic mass is 9.63. The van der Waals surface area contributed by atoms with Crippen molar-refractivity contribution >= 4 is 11.8 Å². The lowest BCUT2D eigenvalue weighted by Gasteiger charge is -2.41. The van der Waals surface area contributed by atoms with Crippen LogP contribution < -0.4 is 0 Å². The molecule has 2 aromatic rings. The molecule has 27 heavy (non-hydrogen) atoms. The van der Waals surface area contributed by atoms with E-state index in [0.717, 1.165) is 18.4 Å². The molecule has 0 saturated heterocycles. The molecule has 0 amide bonds. The molecule has 0 radical (unpaired) electrons. The zero-order valence-corrected chi connectivity index (χ0v) is 16.0. The molecule has 0 saturated carbocycles. The molecule has 0 N–H and O–H groups in total. The fraction of sp³-hybridized carbons (Fsp3) is 0.435. The highest BCUT2D eigenvalue weighted by Crippen LogP contribution is 2.46. The number of ether oxygens (including phenoxy) is 1. The third kappa shape index (κ3) is 3.29. The van der Waals surface area contributed by atoms with Crippen molar-refractivity contribution in [3.05, 3.63) is 64.0 Å². The number of pyridine rings is 1. The highest BCUT2D eigenvalue weighted by molar-refractivity contribution is 5.98. The van der Waals surface area contributed by atoms with Crippen molar-refractivity contribution in [2.24, 2.45) is 0 Å². The summed E-state index contributed by atoms with van der Waals surface area (Å²) in [5, 5.41) is 0. The van der Waals surface area contributed by atoms with Crippen LogP contribution in [0.4, 0.5) is 0 Å². The van der Waals surface area contributed by atoms with E-state index in [1.807, 2.05) is 0 Å². The lowest BCUT2D eigenvalue weighted by Crippen LogP contribution is -2.32. The Morgan fingerprint density at radius 1 is 1.11 bits per heavy atom. The van der Waals surface area contributed by atoms with E-state index in [1.54, 1.807) is 17.7 Å². The number of methoxy groups -OCH3 is 1. The van der Waals surface area contributed by atoms with Gasteiger partial charge in [-0.3, -0.25) is 4.79 Å². The summed E-state index contributed by atoms with van der Waals surface area (Å²) in [6.45, 7) is 2.41. The molecule has 2 aliphatic rings. The van der Waals surface area contributed by atoms with Gasteiger partial charge < -0.3 is 4.74 Å². The van der Waals surface area contributed by atoms with E-state index in [1.165, 1.54) is 50.1 Å². The van der Waals surface area contributed by atoms with Crippen molar-refractivity contribution in [2.75, 3.05) is 7.11 Å². The summed E-state index contributed by atoms with van der Waals surface area (Å²) in [6.07, 6.45) is 9.11. The minimum atomic E-state index is -0.495. The quantitative estimate of drug-likeness (QED) is 0.603. The van der Waals surface area contributed by atoms with Crippen LogP contribution >= 0.6 is 0 Å². The van der Waals surface area contributed by atoms with Crippen LogP contribution in [0.15, 0.2) is 30.5 Å². The van der Waals surface area contributed by atoms with E-state index in [0.29, 0.717) is 17.4 Å². The molecular weight excluding hydrogens is 338 g/mol. The van der Waals surface area contributed by atoms with Gasteiger partial charge in [0.05, 0.1) is 7.11 Å². The number of esters is 1. The van der Waals surface area contributed by atoms with Crippen molar-refractivity contribution in [2.45, 2.75) is 57.3 Å². The van der Waals surface area contributed by atoms with Gasteiger partial charge in [0.15, 0.2) is 5.78 Å². The summed E-state index contributed by atoms with van der Waals surface area (Å²) in [7, 11) is 1.32. The zero-order chi connectivity index (χ0) is 19.0. The van der Waals surface area contributed by atoms with E-state index in [-0.39, 0.29) is 11.5 Å². The molecule has 0 unspecified atom stereocenters. The first-order chi connectivity index (χ1) is 13.0. The van der Waals surface area contributed by atoms with E-state index in [2.05, 4.69) is 28.8 Å². The number of aromatic nitrogens is 1. The van der Waals surface area contributed by atoms with Crippen LogP contribution in [0.25, 0.3) is 0 Å². The second-order valence-electron chi connectivity index (χ2n) is 8.08. The van der Waals surface area contributed by atoms with Crippen molar-refractivity contribution in [1.29, 1.82) is 0 Å². The Balaban J connectivity index is 1.58. The number of ketones is 1. The van der Waals surface area contributed by atoms with Gasteiger partial charge in [0.25, 0.3) is 0 Å². The Labute approximate surface area is 160 Å². The average molecular weight is 363 g/mol. The number of carbonyl (C=O) groups excluding carboxylic acids is 2. The second kappa shape index (κ2) is 6.91. The summed E-state index contributed by atoms with van der Waals surface area (Å²) in [4.78, 5) is 28.2. The van der Waals surface area contributed by atoms with Gasteiger partial charge >= 0.3 is 5.97 Å². The smallest absolute Gasteiger partial charge is 0.356 e. The van der Waals surface area contributed by atoms with Gasteiger partial charge in [-0.1, -0.05) is 19.1 Å². The molecular formula is C23H25NO3. The number of Topliss-reactive ketones (excluding diaryl/α,β-unsaturated/α-hetero) is 1. The van der Waals surface area contributed by atoms with E-state index >= 15 is 0 Å². The summed E-state index contributed by atoms with van der Waals surface area (Å²) in [6, 6.07) is 7.69. The zero-order valence-electron chi connectivity index (χ0n) is 16.0. The van der Waals surface area contributed by atoms with Crippen LogP contribution in [-0.2, 0) is 29.4 Å². The summed E-state index contributed by atoms with van der Waals surface area (Å²) in [5.41, 5.74) is 6.63. The topological polar surface area (TPSA) is 56.3 Å². The Kier molecular flexibility index (Phi) is 4.58. The fourth-order valence-corrected chi connectivity index (χ4v) is 4.90. The molecule has 1 heterocycles. The van der Waals surface area contributed by atoms with Gasteiger partial charge in [-0.25, -0.2) is 9.78 Å². The summed E-state index contributed by atoms with van der Waals surface area (Å²) < 4.78 is 4.65. The van der Waals surface area contributed by atoms with Crippen molar-refractivity contribution in [1.82, 2.24) is 4.98 Å². The maximum absolute atomic E-state index is 12.7. The Bertz CT molecular complexity index is 867.